The van der Waals surface area contributed by atoms with Crippen LogP contribution in [0.25, 0.3) is 0 Å². The SMILES string of the molecule is COC(=O)C1(NCCCNC(=O)OC(C)(C)C)CCN(C(=O)C(CCCCNC(=O)OC(C)(C)C)NC(=O)C(CC(C)C)NC(=O)C(Cc2ccccc2)NC(=O)C(Cc2ccccc2)NC(=O)OC(C)(C)C)CC1. The number of esters is 1. The summed E-state index contributed by atoms with van der Waals surface area (Å²) in [6.45, 7) is 20.6. The molecule has 418 valence electrons. The van der Waals surface area contributed by atoms with Gasteiger partial charge in [-0.25, -0.2) is 14.4 Å². The van der Waals surface area contributed by atoms with Crippen LogP contribution in [0.1, 0.15) is 132 Å². The van der Waals surface area contributed by atoms with E-state index in [-0.39, 0.29) is 64.1 Å². The van der Waals surface area contributed by atoms with Crippen LogP contribution >= 0.6 is 0 Å². The highest BCUT2D eigenvalue weighted by Gasteiger charge is 2.44. The molecule has 0 aliphatic carbocycles. The zero-order valence-electron chi connectivity index (χ0n) is 46.4. The molecule has 4 atom stereocenters. The Kier molecular flexibility index (Phi) is 24.8. The van der Waals surface area contributed by atoms with Crippen molar-refractivity contribution in [2.75, 3.05) is 39.8 Å². The predicted octanol–water partition coefficient (Wildman–Crippen LogP) is 5.60. The van der Waals surface area contributed by atoms with Gasteiger partial charge in [0.05, 0.1) is 7.11 Å². The van der Waals surface area contributed by atoms with Gasteiger partial charge in [-0.05, 0) is 131 Å². The minimum atomic E-state index is -1.21. The lowest BCUT2D eigenvalue weighted by atomic mass is 9.86. The number of likely N-dealkylation sites (tertiary alicyclic amines) is 1. The number of hydrogen-bond acceptors (Lipinski definition) is 13. The highest BCUT2D eigenvalue weighted by Crippen LogP contribution is 2.25. The van der Waals surface area contributed by atoms with Crippen molar-refractivity contribution in [2.45, 2.75) is 180 Å². The number of alkyl carbamates (subject to hydrolysis) is 3. The van der Waals surface area contributed by atoms with Crippen molar-refractivity contribution in [3.63, 3.8) is 0 Å². The Labute approximate surface area is 444 Å². The molecule has 0 bridgehead atoms. The molecule has 7 amide bonds. The Hall–Kier alpha value is -6.44. The van der Waals surface area contributed by atoms with Gasteiger partial charge in [0.15, 0.2) is 0 Å². The summed E-state index contributed by atoms with van der Waals surface area (Å²) < 4.78 is 21.4. The van der Waals surface area contributed by atoms with Crippen molar-refractivity contribution in [3.8, 4) is 0 Å². The number of ether oxygens (including phenoxy) is 4. The van der Waals surface area contributed by atoms with E-state index in [1.54, 1.807) is 79.3 Å². The average molecular weight is 1050 g/mol. The van der Waals surface area contributed by atoms with Gasteiger partial charge in [0.1, 0.15) is 46.5 Å². The van der Waals surface area contributed by atoms with E-state index in [2.05, 4.69) is 37.2 Å². The number of unbranched alkanes of at least 4 members (excludes halogenated alkanes) is 1. The molecule has 1 heterocycles. The van der Waals surface area contributed by atoms with Crippen LogP contribution in [0.2, 0.25) is 0 Å². The fourth-order valence-electron chi connectivity index (χ4n) is 8.22. The monoisotopic (exact) mass is 1050 g/mol. The molecule has 0 saturated carbocycles. The first kappa shape index (κ1) is 62.9. The largest absolute Gasteiger partial charge is 0.468 e. The molecule has 20 nitrogen and oxygen atoms in total. The summed E-state index contributed by atoms with van der Waals surface area (Å²) in [5.74, 6) is -2.93. The van der Waals surface area contributed by atoms with Crippen molar-refractivity contribution >= 4 is 47.9 Å². The minimum absolute atomic E-state index is 0.0389. The van der Waals surface area contributed by atoms with Crippen molar-refractivity contribution in [1.29, 1.82) is 0 Å². The molecule has 0 aromatic heterocycles. The van der Waals surface area contributed by atoms with Crippen LogP contribution < -0.4 is 37.2 Å². The Morgan fingerprint density at radius 2 is 0.973 bits per heavy atom. The van der Waals surface area contributed by atoms with Gasteiger partial charge >= 0.3 is 24.2 Å². The summed E-state index contributed by atoms with van der Waals surface area (Å²) in [6, 6.07) is 13.5. The Morgan fingerprint density at radius 3 is 1.44 bits per heavy atom. The lowest BCUT2D eigenvalue weighted by Gasteiger charge is -2.41. The number of rotatable bonds is 25. The molecule has 1 aliphatic heterocycles. The van der Waals surface area contributed by atoms with Gasteiger partial charge in [0, 0.05) is 39.0 Å². The third-order valence-corrected chi connectivity index (χ3v) is 11.7. The molecule has 2 aromatic rings. The van der Waals surface area contributed by atoms with Crippen molar-refractivity contribution in [3.05, 3.63) is 71.8 Å². The maximum Gasteiger partial charge on any atom is 0.408 e. The second kappa shape index (κ2) is 29.6. The number of nitrogens with one attached hydrogen (secondary N) is 7. The summed E-state index contributed by atoms with van der Waals surface area (Å²) in [5, 5.41) is 20.1. The van der Waals surface area contributed by atoms with E-state index >= 15 is 0 Å². The average Bonchev–Trinajstić information content (AvgIpc) is 3.31. The van der Waals surface area contributed by atoms with Crippen LogP contribution in [-0.2, 0) is 55.8 Å². The second-order valence-corrected chi connectivity index (χ2v) is 22.4. The van der Waals surface area contributed by atoms with Crippen LogP contribution in [0, 0.1) is 5.92 Å². The van der Waals surface area contributed by atoms with E-state index in [1.165, 1.54) is 7.11 Å². The van der Waals surface area contributed by atoms with Gasteiger partial charge in [0.25, 0.3) is 0 Å². The minimum Gasteiger partial charge on any atom is -0.468 e. The van der Waals surface area contributed by atoms with Crippen LogP contribution in [0.4, 0.5) is 14.4 Å². The number of nitrogens with zero attached hydrogens (tertiary/aromatic N) is 1. The number of carbonyl (C=O) groups excluding carboxylic acids is 8. The van der Waals surface area contributed by atoms with Crippen LogP contribution in [-0.4, -0.2) is 139 Å². The number of piperidine rings is 1. The first-order valence-corrected chi connectivity index (χ1v) is 26.1. The van der Waals surface area contributed by atoms with E-state index < -0.39 is 94.4 Å². The smallest absolute Gasteiger partial charge is 0.408 e. The highest BCUT2D eigenvalue weighted by molar-refractivity contribution is 5.95. The van der Waals surface area contributed by atoms with E-state index in [9.17, 15) is 38.4 Å². The Balaban J connectivity index is 1.87. The maximum absolute atomic E-state index is 14.6. The standard InChI is InChI=1S/C55H86N8O12/c1-37(2)34-41(60-45(65)42(35-38-22-15-13-16-23-38)61-46(66)43(36-39-24-17-14-18-25-39)62-51(71)75-54(9,10)11)44(64)59-40(26-19-20-29-56-49(69)73-52(3,4)5)47(67)63-32-27-55(28-33-63,48(68)72-12)58-31-21-30-57-50(70)74-53(6,7)8/h13-18,22-25,37,40-43,58H,19-21,26-36H2,1-12H3,(H,56,69)(H,57,70)(H,59,64)(H,60,65)(H,61,66)(H,62,71). The molecule has 7 N–H and O–H groups in total. The normalized spacial score (nSPS) is 15.2. The van der Waals surface area contributed by atoms with Crippen molar-refractivity contribution < 1.29 is 57.3 Å². The first-order chi connectivity index (χ1) is 35.1. The number of carbonyl (C=O) groups is 8. The molecule has 0 radical (unpaired) electrons. The van der Waals surface area contributed by atoms with E-state index in [0.29, 0.717) is 32.4 Å². The van der Waals surface area contributed by atoms with Crippen LogP contribution in [0.5, 0.6) is 0 Å². The topological polar surface area (TPSA) is 261 Å². The molecule has 2 aromatic carbocycles. The number of amides is 7. The molecule has 3 rings (SSSR count). The number of methoxy groups -OCH3 is 1. The molecular weight excluding hydrogens is 965 g/mol. The molecule has 1 aliphatic rings. The fourth-order valence-corrected chi connectivity index (χ4v) is 8.22. The fraction of sp³-hybridized carbons (Fsp3) is 0.636. The van der Waals surface area contributed by atoms with Gasteiger partial charge < -0.3 is 61.1 Å². The number of benzene rings is 2. The molecule has 4 unspecified atom stereocenters. The highest BCUT2D eigenvalue weighted by atomic mass is 16.6. The molecule has 1 saturated heterocycles. The van der Waals surface area contributed by atoms with Crippen molar-refractivity contribution in [2.24, 2.45) is 5.92 Å². The van der Waals surface area contributed by atoms with Gasteiger partial charge in [-0.3, -0.25) is 24.0 Å². The molecule has 0 spiro atoms. The van der Waals surface area contributed by atoms with E-state index in [1.807, 2.05) is 62.4 Å². The second-order valence-electron chi connectivity index (χ2n) is 22.4. The predicted molar refractivity (Wildman–Crippen MR) is 284 cm³/mol. The van der Waals surface area contributed by atoms with Crippen LogP contribution in [0.15, 0.2) is 60.7 Å². The van der Waals surface area contributed by atoms with Gasteiger partial charge in [-0.2, -0.15) is 0 Å². The zero-order valence-corrected chi connectivity index (χ0v) is 46.4. The third kappa shape index (κ3) is 24.2. The molecular formula is C55H86N8O12. The Morgan fingerprint density at radius 1 is 0.547 bits per heavy atom. The maximum atomic E-state index is 14.6. The first-order valence-electron chi connectivity index (χ1n) is 26.1. The van der Waals surface area contributed by atoms with E-state index in [4.69, 9.17) is 18.9 Å². The lowest BCUT2D eigenvalue weighted by molar-refractivity contribution is -0.153. The molecule has 1 fully saturated rings. The van der Waals surface area contributed by atoms with Gasteiger partial charge in [-0.1, -0.05) is 74.5 Å². The third-order valence-electron chi connectivity index (χ3n) is 11.7. The summed E-state index contributed by atoms with van der Waals surface area (Å²) in [4.78, 5) is 110. The number of hydrogen-bond donors (Lipinski definition) is 7. The molecule has 20 heteroatoms. The Bertz CT molecular complexity index is 2160. The van der Waals surface area contributed by atoms with E-state index in [0.717, 1.165) is 11.1 Å². The summed E-state index contributed by atoms with van der Waals surface area (Å²) in [7, 11) is 1.30. The van der Waals surface area contributed by atoms with Gasteiger partial charge in [-0.15, -0.1) is 0 Å². The molecule has 75 heavy (non-hydrogen) atoms. The lowest BCUT2D eigenvalue weighted by Crippen LogP contribution is -2.62. The zero-order chi connectivity index (χ0) is 56.0. The summed E-state index contributed by atoms with van der Waals surface area (Å²) in [5.41, 5.74) is -1.84. The quantitative estimate of drug-likeness (QED) is 0.0364. The van der Waals surface area contributed by atoms with Gasteiger partial charge in [0.2, 0.25) is 23.6 Å². The van der Waals surface area contributed by atoms with Crippen molar-refractivity contribution in [1.82, 2.24) is 42.1 Å². The summed E-state index contributed by atoms with van der Waals surface area (Å²) in [6.07, 6.45) is 0.241. The van der Waals surface area contributed by atoms with Crippen LogP contribution in [0.3, 0.4) is 0 Å². The summed E-state index contributed by atoms with van der Waals surface area (Å²) >= 11 is 0.